The molecule has 0 aliphatic carbocycles. The van der Waals surface area contributed by atoms with Gasteiger partial charge in [0, 0.05) is 42.3 Å². The van der Waals surface area contributed by atoms with E-state index in [1.807, 2.05) is 11.8 Å². The van der Waals surface area contributed by atoms with Crippen LogP contribution in [0.2, 0.25) is 0 Å². The van der Waals surface area contributed by atoms with E-state index in [1.54, 1.807) is 18.2 Å². The lowest BCUT2D eigenvalue weighted by Crippen LogP contribution is -2.37. The number of sulfonamides is 1. The molecule has 3 aromatic rings. The van der Waals surface area contributed by atoms with Gasteiger partial charge in [-0.25, -0.2) is 22.2 Å². The molecule has 1 fully saturated rings. The van der Waals surface area contributed by atoms with Crippen LogP contribution in [0.4, 0.5) is 31.9 Å². The number of hydrogen-bond donors (Lipinski definition) is 2. The molecule has 1 aliphatic heterocycles. The second kappa shape index (κ2) is 9.05. The van der Waals surface area contributed by atoms with Gasteiger partial charge in [-0.3, -0.25) is 4.72 Å². The van der Waals surface area contributed by atoms with Crippen LogP contribution in [0.3, 0.4) is 0 Å². The molecule has 1 saturated heterocycles. The van der Waals surface area contributed by atoms with E-state index in [1.165, 1.54) is 12.1 Å². The lowest BCUT2D eigenvalue weighted by molar-refractivity contribution is 0.122. The Morgan fingerprint density at radius 1 is 0.969 bits per heavy atom. The first-order valence-corrected chi connectivity index (χ1v) is 11.3. The molecule has 2 aromatic carbocycles. The van der Waals surface area contributed by atoms with Crippen molar-refractivity contribution < 1.29 is 21.9 Å². The summed E-state index contributed by atoms with van der Waals surface area (Å²) in [6, 6.07) is 10.5. The molecule has 32 heavy (non-hydrogen) atoms. The first kappa shape index (κ1) is 21.9. The summed E-state index contributed by atoms with van der Waals surface area (Å²) < 4.78 is 59.4. The van der Waals surface area contributed by atoms with Gasteiger partial charge < -0.3 is 15.0 Å². The Bertz CT molecular complexity index is 1220. The summed E-state index contributed by atoms with van der Waals surface area (Å²) in [6.07, 6.45) is 0. The Hall–Kier alpha value is -3.31. The van der Waals surface area contributed by atoms with Crippen molar-refractivity contribution in [2.45, 2.75) is 11.8 Å². The molecule has 11 heteroatoms. The van der Waals surface area contributed by atoms with Crippen LogP contribution < -0.4 is 14.9 Å². The van der Waals surface area contributed by atoms with E-state index in [2.05, 4.69) is 20.0 Å². The van der Waals surface area contributed by atoms with E-state index >= 15 is 0 Å². The van der Waals surface area contributed by atoms with Gasteiger partial charge in [-0.05, 0) is 43.3 Å². The van der Waals surface area contributed by atoms with Crippen LogP contribution in [0.1, 0.15) is 5.69 Å². The van der Waals surface area contributed by atoms with Crippen LogP contribution in [0.25, 0.3) is 0 Å². The summed E-state index contributed by atoms with van der Waals surface area (Å²) in [5.74, 6) is -0.804. The molecule has 2 heterocycles. The monoisotopic (exact) mass is 461 g/mol. The number of anilines is 4. The molecule has 2 N–H and O–H groups in total. The zero-order chi connectivity index (χ0) is 22.7. The maximum atomic E-state index is 13.9. The Morgan fingerprint density at radius 2 is 1.66 bits per heavy atom. The molecule has 0 atom stereocenters. The molecule has 1 aliphatic rings. The molecule has 0 radical (unpaired) electrons. The van der Waals surface area contributed by atoms with Gasteiger partial charge in [-0.15, -0.1) is 0 Å². The van der Waals surface area contributed by atoms with Gasteiger partial charge in [-0.2, -0.15) is 4.98 Å². The highest BCUT2D eigenvalue weighted by molar-refractivity contribution is 7.92. The molecule has 8 nitrogen and oxygen atoms in total. The second-order valence-corrected chi connectivity index (χ2v) is 8.83. The van der Waals surface area contributed by atoms with Gasteiger partial charge in [0.25, 0.3) is 10.0 Å². The minimum atomic E-state index is -4.20. The number of benzene rings is 2. The molecule has 1 aromatic heterocycles. The maximum Gasteiger partial charge on any atom is 0.264 e. The number of nitrogens with zero attached hydrogens (tertiary/aromatic N) is 3. The predicted octanol–water partition coefficient (Wildman–Crippen LogP) is 3.44. The lowest BCUT2D eigenvalue weighted by Gasteiger charge is -2.27. The summed E-state index contributed by atoms with van der Waals surface area (Å²) in [5, 5.41) is 3.17. The van der Waals surface area contributed by atoms with E-state index < -0.39 is 26.6 Å². The molecule has 4 rings (SSSR count). The first-order chi connectivity index (χ1) is 15.3. The van der Waals surface area contributed by atoms with Gasteiger partial charge in [0.15, 0.2) is 0 Å². The number of ether oxygens (including phenoxy) is 1. The van der Waals surface area contributed by atoms with Crippen molar-refractivity contribution in [1.29, 1.82) is 0 Å². The van der Waals surface area contributed by atoms with Crippen LogP contribution in [-0.4, -0.2) is 44.7 Å². The molecule has 0 amide bonds. The fraction of sp³-hybridized carbons (Fsp3) is 0.238. The Balaban J connectivity index is 1.48. The van der Waals surface area contributed by atoms with E-state index in [0.29, 0.717) is 49.8 Å². The van der Waals surface area contributed by atoms with Crippen molar-refractivity contribution in [2.75, 3.05) is 41.2 Å². The standard InChI is InChI=1S/C21H21F2N5O3S/c1-14-12-20(26-21(24-14)28-8-10-31-11-9-28)25-16-3-5-17(6-4-16)27-32(29,30)19-7-2-15(22)13-18(19)23/h2-7,12-13,27H,8-11H2,1H3,(H,24,25,26). The molecule has 0 spiro atoms. The predicted molar refractivity (Wildman–Crippen MR) is 117 cm³/mol. The van der Waals surface area contributed by atoms with E-state index in [9.17, 15) is 17.2 Å². The third-order valence-corrected chi connectivity index (χ3v) is 6.14. The zero-order valence-electron chi connectivity index (χ0n) is 17.2. The normalized spacial score (nSPS) is 14.3. The van der Waals surface area contributed by atoms with Crippen molar-refractivity contribution in [3.05, 3.63) is 65.9 Å². The number of rotatable bonds is 6. The highest BCUT2D eigenvalue weighted by atomic mass is 32.2. The first-order valence-electron chi connectivity index (χ1n) is 9.83. The third-order valence-electron chi connectivity index (χ3n) is 4.73. The Labute approximate surface area is 184 Å². The molecule has 0 saturated carbocycles. The molecule has 0 unspecified atom stereocenters. The molecular weight excluding hydrogens is 440 g/mol. The van der Waals surface area contributed by atoms with Crippen LogP contribution in [-0.2, 0) is 14.8 Å². The summed E-state index contributed by atoms with van der Waals surface area (Å²) in [4.78, 5) is 10.5. The average molecular weight is 461 g/mol. The van der Waals surface area contributed by atoms with Crippen molar-refractivity contribution in [1.82, 2.24) is 9.97 Å². The summed E-state index contributed by atoms with van der Waals surface area (Å²) in [5.41, 5.74) is 1.70. The Kier molecular flexibility index (Phi) is 6.19. The van der Waals surface area contributed by atoms with Crippen LogP contribution in [0.5, 0.6) is 0 Å². The van der Waals surface area contributed by atoms with Crippen molar-refractivity contribution >= 4 is 33.2 Å². The Morgan fingerprint density at radius 3 is 2.34 bits per heavy atom. The van der Waals surface area contributed by atoms with Crippen LogP contribution >= 0.6 is 0 Å². The molecular formula is C21H21F2N5O3S. The number of nitrogens with one attached hydrogen (secondary N) is 2. The summed E-state index contributed by atoms with van der Waals surface area (Å²) in [6.45, 7) is 4.56. The topological polar surface area (TPSA) is 96.5 Å². The SMILES string of the molecule is Cc1cc(Nc2ccc(NS(=O)(=O)c3ccc(F)cc3F)cc2)nc(N2CCOCC2)n1. The minimum absolute atomic E-state index is 0.229. The number of hydrogen-bond acceptors (Lipinski definition) is 7. The molecule has 168 valence electrons. The number of morpholine rings is 1. The van der Waals surface area contributed by atoms with Gasteiger partial charge >= 0.3 is 0 Å². The van der Waals surface area contributed by atoms with E-state index in [0.717, 1.165) is 17.8 Å². The summed E-state index contributed by atoms with van der Waals surface area (Å²) >= 11 is 0. The van der Waals surface area contributed by atoms with Gasteiger partial charge in [-0.1, -0.05) is 0 Å². The quantitative estimate of drug-likeness (QED) is 0.581. The molecule has 0 bridgehead atoms. The number of halogens is 2. The van der Waals surface area contributed by atoms with Gasteiger partial charge in [0.1, 0.15) is 22.3 Å². The maximum absolute atomic E-state index is 13.9. The van der Waals surface area contributed by atoms with Crippen molar-refractivity contribution in [3.63, 3.8) is 0 Å². The van der Waals surface area contributed by atoms with E-state index in [-0.39, 0.29) is 5.69 Å². The van der Waals surface area contributed by atoms with Crippen molar-refractivity contribution in [2.24, 2.45) is 0 Å². The highest BCUT2D eigenvalue weighted by Crippen LogP contribution is 2.23. The largest absolute Gasteiger partial charge is 0.378 e. The zero-order valence-corrected chi connectivity index (χ0v) is 18.0. The van der Waals surface area contributed by atoms with Gasteiger partial charge in [0.2, 0.25) is 5.95 Å². The van der Waals surface area contributed by atoms with Crippen LogP contribution in [0.15, 0.2) is 53.4 Å². The highest BCUT2D eigenvalue weighted by Gasteiger charge is 2.20. The lowest BCUT2D eigenvalue weighted by atomic mass is 10.3. The van der Waals surface area contributed by atoms with E-state index in [4.69, 9.17) is 4.74 Å². The van der Waals surface area contributed by atoms with Crippen LogP contribution in [0, 0.1) is 18.6 Å². The average Bonchev–Trinajstić information content (AvgIpc) is 2.75. The number of aromatic nitrogens is 2. The smallest absolute Gasteiger partial charge is 0.264 e. The fourth-order valence-electron chi connectivity index (χ4n) is 3.19. The minimum Gasteiger partial charge on any atom is -0.378 e. The van der Waals surface area contributed by atoms with Crippen molar-refractivity contribution in [3.8, 4) is 0 Å². The fourth-order valence-corrected chi connectivity index (χ4v) is 4.31. The second-order valence-electron chi connectivity index (χ2n) is 7.18. The summed E-state index contributed by atoms with van der Waals surface area (Å²) in [7, 11) is -4.20. The van der Waals surface area contributed by atoms with Gasteiger partial charge in [0.05, 0.1) is 13.2 Å². The third kappa shape index (κ3) is 5.11. The number of aryl methyl sites for hydroxylation is 1.